The van der Waals surface area contributed by atoms with Gasteiger partial charge < -0.3 is 4.90 Å². The molecular weight excluding hydrogens is 353 g/mol. The SMILES string of the molecule is O=C(C(Cl)Cl)N(C/C=C/c1ccccc1)C1CCCc2ccccc21. The zero-order valence-corrected chi connectivity index (χ0v) is 15.5. The fourth-order valence-corrected chi connectivity index (χ4v) is 3.67. The van der Waals surface area contributed by atoms with E-state index in [9.17, 15) is 4.79 Å². The van der Waals surface area contributed by atoms with Gasteiger partial charge in [-0.05, 0) is 36.0 Å². The first-order valence-corrected chi connectivity index (χ1v) is 9.42. The highest BCUT2D eigenvalue weighted by atomic mass is 35.5. The first-order chi connectivity index (χ1) is 12.2. The molecule has 2 nitrogen and oxygen atoms in total. The highest BCUT2D eigenvalue weighted by Crippen LogP contribution is 2.35. The molecule has 0 saturated carbocycles. The minimum Gasteiger partial charge on any atom is -0.330 e. The Morgan fingerprint density at radius 2 is 1.84 bits per heavy atom. The third kappa shape index (κ3) is 4.45. The Balaban J connectivity index is 1.83. The van der Waals surface area contributed by atoms with Crippen LogP contribution in [0.1, 0.15) is 35.6 Å². The van der Waals surface area contributed by atoms with E-state index in [4.69, 9.17) is 23.2 Å². The Hall–Kier alpha value is -1.77. The zero-order chi connectivity index (χ0) is 17.6. The number of halogens is 2. The van der Waals surface area contributed by atoms with Gasteiger partial charge >= 0.3 is 0 Å². The largest absolute Gasteiger partial charge is 0.330 e. The molecule has 0 radical (unpaired) electrons. The van der Waals surface area contributed by atoms with Crippen molar-refractivity contribution in [3.05, 3.63) is 77.4 Å². The second kappa shape index (κ2) is 8.55. The summed E-state index contributed by atoms with van der Waals surface area (Å²) < 4.78 is 0. The lowest BCUT2D eigenvalue weighted by molar-refractivity contribution is -0.131. The fraction of sp³-hybridized carbons (Fsp3) is 0.286. The molecule has 1 unspecified atom stereocenters. The van der Waals surface area contributed by atoms with Crippen LogP contribution in [-0.2, 0) is 11.2 Å². The van der Waals surface area contributed by atoms with Crippen molar-refractivity contribution >= 4 is 35.2 Å². The highest BCUT2D eigenvalue weighted by Gasteiger charge is 2.30. The van der Waals surface area contributed by atoms with E-state index in [1.54, 1.807) is 0 Å². The summed E-state index contributed by atoms with van der Waals surface area (Å²) in [7, 11) is 0. The van der Waals surface area contributed by atoms with E-state index in [-0.39, 0.29) is 11.9 Å². The van der Waals surface area contributed by atoms with Gasteiger partial charge in [-0.15, -0.1) is 0 Å². The van der Waals surface area contributed by atoms with Crippen LogP contribution in [0.4, 0.5) is 0 Å². The molecule has 3 rings (SSSR count). The molecule has 2 aromatic rings. The van der Waals surface area contributed by atoms with Crippen LogP contribution in [-0.4, -0.2) is 22.2 Å². The van der Waals surface area contributed by atoms with E-state index >= 15 is 0 Å². The minimum absolute atomic E-state index is 0.0258. The number of benzene rings is 2. The number of hydrogen-bond donors (Lipinski definition) is 0. The molecule has 1 atom stereocenters. The normalized spacial score (nSPS) is 16.8. The summed E-state index contributed by atoms with van der Waals surface area (Å²) >= 11 is 11.8. The summed E-state index contributed by atoms with van der Waals surface area (Å²) in [5.41, 5.74) is 3.63. The van der Waals surface area contributed by atoms with Crippen molar-refractivity contribution < 1.29 is 4.79 Å². The van der Waals surface area contributed by atoms with E-state index in [2.05, 4.69) is 18.2 Å². The van der Waals surface area contributed by atoms with Gasteiger partial charge in [0.25, 0.3) is 5.91 Å². The van der Waals surface area contributed by atoms with Crippen LogP contribution in [0.3, 0.4) is 0 Å². The fourth-order valence-electron chi connectivity index (χ4n) is 3.41. The minimum atomic E-state index is -1.04. The molecular formula is C21H21Cl2NO. The lowest BCUT2D eigenvalue weighted by Gasteiger charge is -2.35. The lowest BCUT2D eigenvalue weighted by atomic mass is 9.86. The molecule has 0 fully saturated rings. The van der Waals surface area contributed by atoms with Crippen LogP contribution in [0.25, 0.3) is 6.08 Å². The molecule has 0 saturated heterocycles. The predicted molar refractivity (Wildman–Crippen MR) is 105 cm³/mol. The molecule has 1 amide bonds. The van der Waals surface area contributed by atoms with E-state index in [0.29, 0.717) is 6.54 Å². The van der Waals surface area contributed by atoms with E-state index < -0.39 is 4.84 Å². The third-order valence-corrected chi connectivity index (χ3v) is 4.97. The number of alkyl halides is 2. The highest BCUT2D eigenvalue weighted by molar-refractivity contribution is 6.53. The van der Waals surface area contributed by atoms with Gasteiger partial charge in [-0.2, -0.15) is 0 Å². The number of rotatable bonds is 5. The van der Waals surface area contributed by atoms with E-state index in [1.165, 1.54) is 11.1 Å². The summed E-state index contributed by atoms with van der Waals surface area (Å²) in [5, 5.41) is 0. The van der Waals surface area contributed by atoms with Gasteiger partial charge in [0.05, 0.1) is 6.04 Å². The van der Waals surface area contributed by atoms with Crippen LogP contribution in [0, 0.1) is 0 Å². The second-order valence-corrected chi connectivity index (χ2v) is 7.31. The first-order valence-electron chi connectivity index (χ1n) is 8.55. The van der Waals surface area contributed by atoms with Gasteiger partial charge in [0.2, 0.25) is 0 Å². The molecule has 1 aliphatic carbocycles. The number of amides is 1. The zero-order valence-electron chi connectivity index (χ0n) is 13.9. The smallest absolute Gasteiger partial charge is 0.256 e. The molecule has 130 valence electrons. The van der Waals surface area contributed by atoms with Crippen molar-refractivity contribution in [2.45, 2.75) is 30.1 Å². The standard InChI is InChI=1S/C21H21Cl2NO/c22-20(23)21(25)24(15-7-10-16-8-2-1-3-9-16)19-14-6-12-17-11-4-5-13-18(17)19/h1-5,7-11,13,19-20H,6,12,14-15H2/b10-7+. The van der Waals surface area contributed by atoms with E-state index in [0.717, 1.165) is 24.8 Å². The summed E-state index contributed by atoms with van der Waals surface area (Å²) in [4.78, 5) is 13.4. The Morgan fingerprint density at radius 1 is 1.12 bits per heavy atom. The maximum atomic E-state index is 12.6. The van der Waals surface area contributed by atoms with Crippen LogP contribution < -0.4 is 0 Å². The molecule has 0 heterocycles. The Bertz CT molecular complexity index is 743. The number of fused-ring (bicyclic) bond motifs is 1. The van der Waals surface area contributed by atoms with Crippen LogP contribution in [0.2, 0.25) is 0 Å². The summed E-state index contributed by atoms with van der Waals surface area (Å²) in [6.45, 7) is 0.489. The van der Waals surface area contributed by atoms with Crippen molar-refractivity contribution in [1.82, 2.24) is 4.90 Å². The predicted octanol–water partition coefficient (Wildman–Crippen LogP) is 5.41. The molecule has 1 aliphatic rings. The molecule has 0 spiro atoms. The Kier molecular flexibility index (Phi) is 6.17. The molecule has 25 heavy (non-hydrogen) atoms. The average molecular weight is 374 g/mol. The van der Waals surface area contributed by atoms with Gasteiger partial charge in [-0.25, -0.2) is 0 Å². The second-order valence-electron chi connectivity index (χ2n) is 6.21. The van der Waals surface area contributed by atoms with Crippen molar-refractivity contribution in [2.24, 2.45) is 0 Å². The first kappa shape index (κ1) is 18.0. The monoisotopic (exact) mass is 373 g/mol. The molecule has 0 bridgehead atoms. The van der Waals surface area contributed by atoms with Crippen molar-refractivity contribution in [3.63, 3.8) is 0 Å². The van der Waals surface area contributed by atoms with Crippen molar-refractivity contribution in [1.29, 1.82) is 0 Å². The Labute approximate surface area is 159 Å². The number of hydrogen-bond acceptors (Lipinski definition) is 1. The Morgan fingerprint density at radius 3 is 2.60 bits per heavy atom. The average Bonchev–Trinajstić information content (AvgIpc) is 2.65. The summed E-state index contributed by atoms with van der Waals surface area (Å²) in [5.74, 6) is -0.234. The van der Waals surface area contributed by atoms with Gasteiger partial charge in [-0.3, -0.25) is 4.79 Å². The van der Waals surface area contributed by atoms with Crippen LogP contribution in [0.5, 0.6) is 0 Å². The third-order valence-electron chi connectivity index (χ3n) is 4.60. The van der Waals surface area contributed by atoms with Crippen LogP contribution >= 0.6 is 23.2 Å². The lowest BCUT2D eigenvalue weighted by Crippen LogP contribution is -2.39. The molecule has 0 N–H and O–H groups in total. The van der Waals surface area contributed by atoms with E-state index in [1.807, 2.05) is 53.5 Å². The maximum Gasteiger partial charge on any atom is 0.256 e. The molecule has 0 aliphatic heterocycles. The van der Waals surface area contributed by atoms with Gasteiger partial charge in [-0.1, -0.05) is 90.0 Å². The van der Waals surface area contributed by atoms with Crippen LogP contribution in [0.15, 0.2) is 60.7 Å². The van der Waals surface area contributed by atoms with Crippen molar-refractivity contribution in [3.8, 4) is 0 Å². The number of aryl methyl sites for hydroxylation is 1. The number of nitrogens with zero attached hydrogens (tertiary/aromatic N) is 1. The molecule has 2 aromatic carbocycles. The quantitative estimate of drug-likeness (QED) is 0.641. The summed E-state index contributed by atoms with van der Waals surface area (Å²) in [6, 6.07) is 18.4. The topological polar surface area (TPSA) is 20.3 Å². The molecule has 0 aromatic heterocycles. The van der Waals surface area contributed by atoms with Crippen molar-refractivity contribution in [2.75, 3.05) is 6.54 Å². The van der Waals surface area contributed by atoms with Gasteiger partial charge in [0.1, 0.15) is 0 Å². The summed E-state index contributed by atoms with van der Waals surface area (Å²) in [6.07, 6.45) is 7.07. The maximum absolute atomic E-state index is 12.6. The van der Waals surface area contributed by atoms with Gasteiger partial charge in [0.15, 0.2) is 4.84 Å². The van der Waals surface area contributed by atoms with Gasteiger partial charge in [0, 0.05) is 6.54 Å². The number of carbonyl (C=O) groups excluding carboxylic acids is 1. The molecule has 4 heteroatoms. The number of carbonyl (C=O) groups is 1.